The van der Waals surface area contributed by atoms with Crippen LogP contribution in [-0.4, -0.2) is 18.0 Å². The van der Waals surface area contributed by atoms with Crippen molar-refractivity contribution in [3.05, 3.63) is 58.6 Å². The van der Waals surface area contributed by atoms with Gasteiger partial charge in [-0.15, -0.1) is 0 Å². The third-order valence-corrected chi connectivity index (χ3v) is 4.20. The fraction of sp³-hybridized carbons (Fsp3) is 0.0714. The number of anilines is 1. The summed E-state index contributed by atoms with van der Waals surface area (Å²) in [5.41, 5.74) is 0.715. The van der Waals surface area contributed by atoms with E-state index >= 15 is 0 Å². The first kappa shape index (κ1) is 16.2. The Morgan fingerprint density at radius 1 is 1.14 bits per heavy atom. The van der Waals surface area contributed by atoms with Gasteiger partial charge in [-0.1, -0.05) is 24.6 Å². The number of hydrogen-bond acceptors (Lipinski definition) is 5. The van der Waals surface area contributed by atoms with Gasteiger partial charge in [-0.3, -0.25) is 10.1 Å². The minimum absolute atomic E-state index is 0.0657. The highest BCUT2D eigenvalue weighted by molar-refractivity contribution is 7.99. The summed E-state index contributed by atoms with van der Waals surface area (Å²) in [5, 5.41) is 13.1. The zero-order valence-corrected chi connectivity index (χ0v) is 13.3. The maximum absolute atomic E-state index is 11.5. The largest absolute Gasteiger partial charge is 0.340 e. The van der Waals surface area contributed by atoms with Crippen LogP contribution in [0.2, 0.25) is 0 Å². The van der Waals surface area contributed by atoms with E-state index in [1.807, 2.05) is 12.1 Å². The minimum atomic E-state index is -0.427. The predicted molar refractivity (Wildman–Crippen MR) is 89.6 cm³/mol. The van der Waals surface area contributed by atoms with Crippen molar-refractivity contribution in [2.75, 3.05) is 11.4 Å². The number of nitro benzene ring substituents is 1. The van der Waals surface area contributed by atoms with Crippen molar-refractivity contribution in [1.82, 2.24) is 5.32 Å². The van der Waals surface area contributed by atoms with Crippen molar-refractivity contribution in [2.45, 2.75) is 9.79 Å². The van der Waals surface area contributed by atoms with Gasteiger partial charge in [-0.2, -0.15) is 0 Å². The molecule has 2 aromatic rings. The van der Waals surface area contributed by atoms with Gasteiger partial charge in [-0.25, -0.2) is 9.10 Å². The molecule has 2 rings (SSSR count). The van der Waals surface area contributed by atoms with Crippen LogP contribution in [0.5, 0.6) is 0 Å². The molecule has 0 heterocycles. The summed E-state index contributed by atoms with van der Waals surface area (Å²) in [6.07, 6.45) is 0. The lowest BCUT2D eigenvalue weighted by molar-refractivity contribution is -0.384. The minimum Gasteiger partial charge on any atom is -0.340 e. The second kappa shape index (κ2) is 7.19. The van der Waals surface area contributed by atoms with Crippen molar-refractivity contribution in [3.63, 3.8) is 0 Å². The van der Waals surface area contributed by atoms with Gasteiger partial charge < -0.3 is 5.32 Å². The fourth-order valence-electron chi connectivity index (χ4n) is 1.65. The summed E-state index contributed by atoms with van der Waals surface area (Å²) in [7, 11) is 1.53. The Balaban J connectivity index is 2.08. The number of nitrogens with zero attached hydrogens (tertiary/aromatic N) is 2. The molecule has 114 valence electrons. The van der Waals surface area contributed by atoms with Crippen molar-refractivity contribution < 1.29 is 9.72 Å². The molecule has 0 saturated heterocycles. The van der Waals surface area contributed by atoms with Crippen LogP contribution in [0.4, 0.5) is 16.2 Å². The maximum Gasteiger partial charge on any atom is 0.331 e. The highest BCUT2D eigenvalue weighted by Crippen LogP contribution is 2.30. The summed E-state index contributed by atoms with van der Waals surface area (Å²) < 4.78 is 1.21. The van der Waals surface area contributed by atoms with Crippen LogP contribution >= 0.6 is 24.6 Å². The SMILES string of the molecule is CNC(=O)N(S)c1ccc(Sc2ccc([N+](=O)[O-])cc2)cc1. The Bertz CT molecular complexity index is 675. The molecule has 0 atom stereocenters. The van der Waals surface area contributed by atoms with Crippen LogP contribution < -0.4 is 9.62 Å². The van der Waals surface area contributed by atoms with Gasteiger partial charge in [0.25, 0.3) is 5.69 Å². The standard InChI is InChI=1S/C14H13N3O3S2/c1-15-14(18)16(21)10-2-6-12(7-3-10)22-13-8-4-11(5-9-13)17(19)20/h2-9,21H,1H3,(H,15,18). The van der Waals surface area contributed by atoms with Gasteiger partial charge in [0.2, 0.25) is 0 Å². The lowest BCUT2D eigenvalue weighted by Gasteiger charge is -2.15. The fourth-order valence-corrected chi connectivity index (χ4v) is 2.70. The van der Waals surface area contributed by atoms with Gasteiger partial charge in [0.15, 0.2) is 0 Å². The Labute approximate surface area is 137 Å². The molecule has 0 unspecified atom stereocenters. The zero-order valence-electron chi connectivity index (χ0n) is 11.6. The van der Waals surface area contributed by atoms with Crippen LogP contribution in [-0.2, 0) is 0 Å². The zero-order chi connectivity index (χ0) is 16.1. The van der Waals surface area contributed by atoms with Crippen molar-refractivity contribution in [2.24, 2.45) is 0 Å². The quantitative estimate of drug-likeness (QED) is 0.507. The lowest BCUT2D eigenvalue weighted by atomic mass is 10.3. The van der Waals surface area contributed by atoms with E-state index in [2.05, 4.69) is 18.1 Å². The summed E-state index contributed by atoms with van der Waals surface area (Å²) in [6, 6.07) is 13.3. The van der Waals surface area contributed by atoms with E-state index < -0.39 is 4.92 Å². The topological polar surface area (TPSA) is 75.5 Å². The van der Waals surface area contributed by atoms with Crippen molar-refractivity contribution in [3.8, 4) is 0 Å². The van der Waals surface area contributed by atoms with E-state index in [0.29, 0.717) is 5.69 Å². The van der Waals surface area contributed by atoms with Crippen LogP contribution in [0.25, 0.3) is 0 Å². The summed E-state index contributed by atoms with van der Waals surface area (Å²) in [4.78, 5) is 23.5. The number of nitro groups is 1. The van der Waals surface area contributed by atoms with Gasteiger partial charge in [-0.05, 0) is 36.4 Å². The smallest absolute Gasteiger partial charge is 0.331 e. The molecule has 0 aliphatic rings. The van der Waals surface area contributed by atoms with E-state index in [9.17, 15) is 14.9 Å². The van der Waals surface area contributed by atoms with Crippen LogP contribution in [0.15, 0.2) is 58.3 Å². The molecule has 2 amide bonds. The Kier molecular flexibility index (Phi) is 5.29. The Morgan fingerprint density at radius 2 is 1.64 bits per heavy atom. The maximum atomic E-state index is 11.5. The normalized spacial score (nSPS) is 10.1. The average molecular weight is 335 g/mol. The van der Waals surface area contributed by atoms with E-state index in [1.54, 1.807) is 24.3 Å². The molecule has 1 N–H and O–H groups in total. The second-order valence-corrected chi connectivity index (χ2v) is 5.76. The number of nitrogens with one attached hydrogen (secondary N) is 1. The van der Waals surface area contributed by atoms with E-state index in [0.717, 1.165) is 9.79 Å². The first-order valence-electron chi connectivity index (χ1n) is 6.24. The molecule has 6 nitrogen and oxygen atoms in total. The first-order valence-corrected chi connectivity index (χ1v) is 7.46. The molecule has 8 heteroatoms. The molecule has 22 heavy (non-hydrogen) atoms. The van der Waals surface area contributed by atoms with Gasteiger partial charge in [0.05, 0.1) is 10.6 Å². The summed E-state index contributed by atoms with van der Waals surface area (Å²) in [5.74, 6) is 0. The third-order valence-electron chi connectivity index (χ3n) is 2.77. The number of rotatable bonds is 4. The Morgan fingerprint density at radius 3 is 2.09 bits per heavy atom. The van der Waals surface area contributed by atoms with E-state index in [4.69, 9.17) is 0 Å². The molecule has 0 aliphatic heterocycles. The highest BCUT2D eigenvalue weighted by Gasteiger charge is 2.10. The second-order valence-electron chi connectivity index (χ2n) is 4.21. The third kappa shape index (κ3) is 3.92. The van der Waals surface area contributed by atoms with Crippen molar-refractivity contribution in [1.29, 1.82) is 0 Å². The molecular formula is C14H13N3O3S2. The molecule has 0 aromatic heterocycles. The van der Waals surface area contributed by atoms with Gasteiger partial charge >= 0.3 is 6.03 Å². The number of non-ortho nitro benzene ring substituents is 1. The predicted octanol–water partition coefficient (Wildman–Crippen LogP) is 3.74. The molecule has 0 bridgehead atoms. The summed E-state index contributed by atoms with van der Waals surface area (Å²) >= 11 is 5.59. The highest BCUT2D eigenvalue weighted by atomic mass is 32.2. The van der Waals surface area contributed by atoms with Crippen LogP contribution in [0.3, 0.4) is 0 Å². The number of carbonyl (C=O) groups is 1. The lowest BCUT2D eigenvalue weighted by Crippen LogP contribution is -2.30. The van der Waals surface area contributed by atoms with E-state index in [1.165, 1.54) is 35.2 Å². The van der Waals surface area contributed by atoms with Crippen LogP contribution in [0.1, 0.15) is 0 Å². The van der Waals surface area contributed by atoms with Gasteiger partial charge in [0, 0.05) is 29.0 Å². The molecule has 0 spiro atoms. The van der Waals surface area contributed by atoms with E-state index in [-0.39, 0.29) is 11.7 Å². The first-order chi connectivity index (χ1) is 10.5. The molecular weight excluding hydrogens is 322 g/mol. The Hall–Kier alpha value is -2.19. The summed E-state index contributed by atoms with van der Waals surface area (Å²) in [6.45, 7) is 0. The number of amides is 2. The van der Waals surface area contributed by atoms with Gasteiger partial charge in [0.1, 0.15) is 0 Å². The number of benzene rings is 2. The van der Waals surface area contributed by atoms with Crippen molar-refractivity contribution >= 4 is 42.0 Å². The molecule has 0 saturated carbocycles. The number of hydrogen-bond donors (Lipinski definition) is 2. The molecule has 0 radical (unpaired) electrons. The molecule has 0 fully saturated rings. The molecule has 2 aromatic carbocycles. The number of thiol groups is 1. The average Bonchev–Trinajstić information content (AvgIpc) is 2.54. The number of urea groups is 1. The van der Waals surface area contributed by atoms with Crippen LogP contribution in [0, 0.1) is 10.1 Å². The number of carbonyl (C=O) groups excluding carboxylic acids is 1. The monoisotopic (exact) mass is 335 g/mol. The molecule has 0 aliphatic carbocycles.